The lowest BCUT2D eigenvalue weighted by atomic mass is 9.86. The second kappa shape index (κ2) is 6.49. The molecule has 19 heavy (non-hydrogen) atoms. The Balaban J connectivity index is 2.28. The van der Waals surface area contributed by atoms with Crippen molar-refractivity contribution in [3.63, 3.8) is 0 Å². The Morgan fingerprint density at radius 3 is 2.79 bits per heavy atom. The Kier molecular flexibility index (Phi) is 4.94. The summed E-state index contributed by atoms with van der Waals surface area (Å²) in [6.07, 6.45) is 2.35. The van der Waals surface area contributed by atoms with Crippen molar-refractivity contribution in [2.75, 3.05) is 13.2 Å². The van der Waals surface area contributed by atoms with E-state index >= 15 is 0 Å². The highest BCUT2D eigenvalue weighted by Crippen LogP contribution is 2.35. The maximum Gasteiger partial charge on any atom is 0.123 e. The standard InChI is InChI=1S/C16H24FNO/c1-4-15-14(6-7-19-15)16(18-5-2)12-8-11(3)9-13(17)10-12/h8-10,14-16,18H,4-7H2,1-3H3. The summed E-state index contributed by atoms with van der Waals surface area (Å²) in [7, 11) is 0. The van der Waals surface area contributed by atoms with E-state index in [0.717, 1.165) is 37.1 Å². The van der Waals surface area contributed by atoms with Crippen LogP contribution in [0.3, 0.4) is 0 Å². The molecule has 1 saturated heterocycles. The van der Waals surface area contributed by atoms with Gasteiger partial charge < -0.3 is 10.1 Å². The van der Waals surface area contributed by atoms with E-state index in [1.807, 2.05) is 6.92 Å². The van der Waals surface area contributed by atoms with E-state index in [1.54, 1.807) is 12.1 Å². The number of benzene rings is 1. The third-order valence-corrected chi connectivity index (χ3v) is 3.94. The quantitative estimate of drug-likeness (QED) is 0.878. The second-order valence-corrected chi connectivity index (χ2v) is 5.37. The van der Waals surface area contributed by atoms with E-state index in [0.29, 0.717) is 5.92 Å². The molecule has 1 N–H and O–H groups in total. The van der Waals surface area contributed by atoms with Gasteiger partial charge in [-0.05, 0) is 49.6 Å². The Morgan fingerprint density at radius 2 is 2.16 bits per heavy atom. The van der Waals surface area contributed by atoms with Crippen LogP contribution in [-0.2, 0) is 4.74 Å². The molecule has 106 valence electrons. The molecule has 0 saturated carbocycles. The lowest BCUT2D eigenvalue weighted by Gasteiger charge is -2.28. The van der Waals surface area contributed by atoms with E-state index < -0.39 is 0 Å². The smallest absolute Gasteiger partial charge is 0.123 e. The summed E-state index contributed by atoms with van der Waals surface area (Å²) < 4.78 is 19.4. The summed E-state index contributed by atoms with van der Waals surface area (Å²) in [4.78, 5) is 0. The first-order valence-electron chi connectivity index (χ1n) is 7.27. The number of halogens is 1. The van der Waals surface area contributed by atoms with Crippen LogP contribution >= 0.6 is 0 Å². The van der Waals surface area contributed by atoms with Crippen molar-refractivity contribution in [3.8, 4) is 0 Å². The summed E-state index contributed by atoms with van der Waals surface area (Å²) >= 11 is 0. The van der Waals surface area contributed by atoms with Gasteiger partial charge in [0.2, 0.25) is 0 Å². The summed E-state index contributed by atoms with van der Waals surface area (Å²) in [6.45, 7) is 7.89. The largest absolute Gasteiger partial charge is 0.378 e. The van der Waals surface area contributed by atoms with Crippen molar-refractivity contribution in [3.05, 3.63) is 35.1 Å². The second-order valence-electron chi connectivity index (χ2n) is 5.37. The SMILES string of the molecule is CCNC(c1cc(C)cc(F)c1)C1CCOC1CC. The third kappa shape index (κ3) is 3.34. The van der Waals surface area contributed by atoms with Crippen LogP contribution < -0.4 is 5.32 Å². The molecule has 3 unspecified atom stereocenters. The molecular weight excluding hydrogens is 241 g/mol. The molecule has 0 aliphatic carbocycles. The third-order valence-electron chi connectivity index (χ3n) is 3.94. The summed E-state index contributed by atoms with van der Waals surface area (Å²) in [5.74, 6) is 0.288. The van der Waals surface area contributed by atoms with Gasteiger partial charge in [0.1, 0.15) is 5.82 Å². The van der Waals surface area contributed by atoms with Crippen LogP contribution in [-0.4, -0.2) is 19.3 Å². The zero-order valence-electron chi connectivity index (χ0n) is 12.1. The number of hydrogen-bond acceptors (Lipinski definition) is 2. The fraction of sp³-hybridized carbons (Fsp3) is 0.625. The van der Waals surface area contributed by atoms with Crippen molar-refractivity contribution < 1.29 is 9.13 Å². The molecule has 3 atom stereocenters. The van der Waals surface area contributed by atoms with Crippen LogP contribution in [0.4, 0.5) is 4.39 Å². The van der Waals surface area contributed by atoms with Gasteiger partial charge in [-0.25, -0.2) is 4.39 Å². The van der Waals surface area contributed by atoms with Crippen LogP contribution in [0.2, 0.25) is 0 Å². The first-order valence-corrected chi connectivity index (χ1v) is 7.27. The minimum absolute atomic E-state index is 0.148. The van der Waals surface area contributed by atoms with Crippen LogP contribution in [0.5, 0.6) is 0 Å². The molecular formula is C16H24FNO. The van der Waals surface area contributed by atoms with Gasteiger partial charge >= 0.3 is 0 Å². The average Bonchev–Trinajstić information content (AvgIpc) is 2.82. The monoisotopic (exact) mass is 265 g/mol. The minimum Gasteiger partial charge on any atom is -0.378 e. The fourth-order valence-corrected chi connectivity index (χ4v) is 3.15. The number of hydrogen-bond donors (Lipinski definition) is 1. The molecule has 1 aliphatic heterocycles. The first-order chi connectivity index (χ1) is 9.15. The van der Waals surface area contributed by atoms with Gasteiger partial charge in [-0.15, -0.1) is 0 Å². The topological polar surface area (TPSA) is 21.3 Å². The van der Waals surface area contributed by atoms with E-state index in [4.69, 9.17) is 4.74 Å². The van der Waals surface area contributed by atoms with E-state index in [-0.39, 0.29) is 18.0 Å². The van der Waals surface area contributed by atoms with Crippen molar-refractivity contribution in [2.45, 2.75) is 45.8 Å². The molecule has 0 bridgehead atoms. The molecule has 1 aromatic rings. The predicted octanol–water partition coefficient (Wildman–Crippen LogP) is 3.60. The Hall–Kier alpha value is -0.930. The van der Waals surface area contributed by atoms with E-state index in [2.05, 4.69) is 25.2 Å². The van der Waals surface area contributed by atoms with Crippen molar-refractivity contribution in [1.82, 2.24) is 5.32 Å². The van der Waals surface area contributed by atoms with E-state index in [1.165, 1.54) is 0 Å². The number of ether oxygens (including phenoxy) is 1. The lowest BCUT2D eigenvalue weighted by molar-refractivity contribution is 0.0775. The Morgan fingerprint density at radius 1 is 1.37 bits per heavy atom. The number of nitrogens with one attached hydrogen (secondary N) is 1. The highest BCUT2D eigenvalue weighted by molar-refractivity contribution is 5.27. The number of aryl methyl sites for hydroxylation is 1. The minimum atomic E-state index is -0.148. The van der Waals surface area contributed by atoms with Gasteiger partial charge in [-0.3, -0.25) is 0 Å². The maximum absolute atomic E-state index is 13.6. The molecule has 2 rings (SSSR count). The molecule has 3 heteroatoms. The van der Waals surface area contributed by atoms with Crippen molar-refractivity contribution in [1.29, 1.82) is 0 Å². The molecule has 1 aliphatic rings. The Labute approximate surface area is 115 Å². The Bertz CT molecular complexity index is 401. The van der Waals surface area contributed by atoms with Gasteiger partial charge in [-0.1, -0.05) is 19.9 Å². The van der Waals surface area contributed by atoms with Gasteiger partial charge in [0, 0.05) is 18.6 Å². The zero-order valence-corrected chi connectivity index (χ0v) is 12.1. The highest BCUT2D eigenvalue weighted by atomic mass is 19.1. The molecule has 0 amide bonds. The molecule has 0 spiro atoms. The molecule has 1 fully saturated rings. The van der Waals surface area contributed by atoms with Crippen molar-refractivity contribution >= 4 is 0 Å². The van der Waals surface area contributed by atoms with Gasteiger partial charge in [0.25, 0.3) is 0 Å². The van der Waals surface area contributed by atoms with Crippen molar-refractivity contribution in [2.24, 2.45) is 5.92 Å². The van der Waals surface area contributed by atoms with Gasteiger partial charge in [-0.2, -0.15) is 0 Å². The molecule has 1 aromatic carbocycles. The first kappa shape index (κ1) is 14.5. The van der Waals surface area contributed by atoms with Gasteiger partial charge in [0.15, 0.2) is 0 Å². The number of rotatable bonds is 5. The van der Waals surface area contributed by atoms with Crippen LogP contribution in [0.15, 0.2) is 18.2 Å². The molecule has 0 radical (unpaired) electrons. The summed E-state index contributed by atoms with van der Waals surface area (Å²) in [6, 6.07) is 5.51. The highest BCUT2D eigenvalue weighted by Gasteiger charge is 2.34. The molecule has 0 aromatic heterocycles. The fourth-order valence-electron chi connectivity index (χ4n) is 3.15. The van der Waals surface area contributed by atoms with E-state index in [9.17, 15) is 4.39 Å². The van der Waals surface area contributed by atoms with Crippen LogP contribution in [0.1, 0.15) is 43.9 Å². The predicted molar refractivity (Wildman–Crippen MR) is 75.7 cm³/mol. The normalized spacial score (nSPS) is 24.6. The summed E-state index contributed by atoms with van der Waals surface area (Å²) in [5.41, 5.74) is 2.03. The summed E-state index contributed by atoms with van der Waals surface area (Å²) in [5, 5.41) is 3.51. The zero-order chi connectivity index (χ0) is 13.8. The van der Waals surface area contributed by atoms with Gasteiger partial charge in [0.05, 0.1) is 6.10 Å². The molecule has 1 heterocycles. The molecule has 2 nitrogen and oxygen atoms in total. The van der Waals surface area contributed by atoms with Crippen LogP contribution in [0, 0.1) is 18.7 Å². The van der Waals surface area contributed by atoms with Crippen LogP contribution in [0.25, 0.3) is 0 Å². The lowest BCUT2D eigenvalue weighted by Crippen LogP contribution is -2.32. The average molecular weight is 265 g/mol. The maximum atomic E-state index is 13.6.